The minimum Gasteiger partial charge on any atom is -0.547 e. The van der Waals surface area contributed by atoms with Crippen LogP contribution in [0.4, 0.5) is 0 Å². The van der Waals surface area contributed by atoms with E-state index < -0.39 is 9.04 Å². The van der Waals surface area contributed by atoms with Crippen molar-refractivity contribution in [3.8, 4) is 5.75 Å². The zero-order valence-electron chi connectivity index (χ0n) is 18.4. The number of rotatable bonds is 6. The number of imidazole rings is 1. The molecule has 1 aromatic heterocycles. The van der Waals surface area contributed by atoms with Crippen LogP contribution >= 0.6 is 0 Å². The summed E-state index contributed by atoms with van der Waals surface area (Å²) in [5.41, 5.74) is 4.55. The molecule has 158 valence electrons. The lowest BCUT2D eigenvalue weighted by Gasteiger charge is -2.28. The number of hydrogen-bond donors (Lipinski definition) is 1. The van der Waals surface area contributed by atoms with E-state index in [9.17, 15) is 4.79 Å². The van der Waals surface area contributed by atoms with Gasteiger partial charge in [0, 0.05) is 30.8 Å². The molecule has 7 heteroatoms. The fraction of sp³-hybridized carbons (Fsp3) is 0.545. The van der Waals surface area contributed by atoms with Gasteiger partial charge in [0.25, 0.3) is 0 Å². The molecule has 6 nitrogen and oxygen atoms in total. The lowest BCUT2D eigenvalue weighted by molar-refractivity contribution is -0.145. The quantitative estimate of drug-likeness (QED) is 0.580. The second-order valence-corrected chi connectivity index (χ2v) is 11.2. The first-order valence-corrected chi connectivity index (χ1v) is 13.2. The van der Waals surface area contributed by atoms with E-state index in [1.54, 1.807) is 0 Å². The molecule has 0 saturated heterocycles. The summed E-state index contributed by atoms with van der Waals surface area (Å²) in [7, 11) is -1.22. The van der Waals surface area contributed by atoms with Crippen molar-refractivity contribution in [3.05, 3.63) is 47.0 Å². The highest BCUT2D eigenvalue weighted by atomic mass is 28.3. The molecule has 0 fully saturated rings. The summed E-state index contributed by atoms with van der Waals surface area (Å²) in [6.45, 7) is 14.6. The Kier molecular flexibility index (Phi) is 6.48. The number of nitrogens with zero attached hydrogens (tertiary/aromatic N) is 2. The van der Waals surface area contributed by atoms with E-state index in [1.165, 1.54) is 11.1 Å². The molecule has 1 N–H and O–H groups in total. The van der Waals surface area contributed by atoms with Crippen LogP contribution in [0.25, 0.3) is 0 Å². The number of hydrogen-bond acceptors (Lipinski definition) is 5. The standard InChI is InChI=1S/C22H33N3O3Si/c1-7-27-21(26)16-11-18-17(12-23-16)24-14-25(18)13-15-9-8-10-19(28-29(5)6)20(15)22(2,3)4/h8-10,14,16,23,29H,7,11-13H2,1-6H3. The molecule has 2 aromatic rings. The lowest BCUT2D eigenvalue weighted by Crippen LogP contribution is -2.43. The Morgan fingerprint density at radius 3 is 2.76 bits per heavy atom. The molecular weight excluding hydrogens is 382 g/mol. The Morgan fingerprint density at radius 1 is 1.34 bits per heavy atom. The monoisotopic (exact) mass is 415 g/mol. The van der Waals surface area contributed by atoms with Gasteiger partial charge < -0.3 is 13.7 Å². The third kappa shape index (κ3) is 4.90. The highest BCUT2D eigenvalue weighted by molar-refractivity contribution is 6.49. The molecule has 0 spiro atoms. The van der Waals surface area contributed by atoms with E-state index in [1.807, 2.05) is 13.3 Å². The minimum atomic E-state index is -1.22. The van der Waals surface area contributed by atoms with Crippen LogP contribution in [0.15, 0.2) is 24.5 Å². The van der Waals surface area contributed by atoms with Gasteiger partial charge >= 0.3 is 5.97 Å². The van der Waals surface area contributed by atoms with E-state index in [-0.39, 0.29) is 17.4 Å². The SMILES string of the molecule is CCOC(=O)C1Cc2c(ncn2Cc2cccc(O[SiH](C)C)c2C(C)(C)C)CN1. The van der Waals surface area contributed by atoms with E-state index in [0.29, 0.717) is 26.1 Å². The number of esters is 1. The molecule has 1 aliphatic heterocycles. The van der Waals surface area contributed by atoms with Crippen LogP contribution in [0, 0.1) is 0 Å². The highest BCUT2D eigenvalue weighted by Crippen LogP contribution is 2.35. The number of carbonyl (C=O) groups excluding carboxylic acids is 1. The average Bonchev–Trinajstić information content (AvgIpc) is 3.02. The summed E-state index contributed by atoms with van der Waals surface area (Å²) in [6.07, 6.45) is 2.48. The molecular formula is C22H33N3O3Si. The molecule has 1 aromatic carbocycles. The van der Waals surface area contributed by atoms with Crippen LogP contribution < -0.4 is 9.74 Å². The van der Waals surface area contributed by atoms with Crippen molar-refractivity contribution in [3.63, 3.8) is 0 Å². The van der Waals surface area contributed by atoms with Crippen molar-refractivity contribution >= 4 is 15.0 Å². The van der Waals surface area contributed by atoms with Crippen molar-refractivity contribution < 1.29 is 14.0 Å². The van der Waals surface area contributed by atoms with Crippen LogP contribution in [-0.4, -0.2) is 37.2 Å². The van der Waals surface area contributed by atoms with E-state index in [2.05, 4.69) is 66.9 Å². The zero-order chi connectivity index (χ0) is 21.2. The Balaban J connectivity index is 1.92. The van der Waals surface area contributed by atoms with E-state index in [4.69, 9.17) is 9.16 Å². The third-order valence-electron chi connectivity index (χ3n) is 5.08. The van der Waals surface area contributed by atoms with Crippen LogP contribution in [0.5, 0.6) is 5.75 Å². The van der Waals surface area contributed by atoms with Crippen LogP contribution in [-0.2, 0) is 34.5 Å². The second kappa shape index (κ2) is 8.71. The first-order chi connectivity index (χ1) is 13.7. The molecule has 0 saturated carbocycles. The van der Waals surface area contributed by atoms with Crippen molar-refractivity contribution in [2.75, 3.05) is 6.61 Å². The number of benzene rings is 1. The summed E-state index contributed by atoms with van der Waals surface area (Å²) in [4.78, 5) is 16.8. The topological polar surface area (TPSA) is 65.4 Å². The van der Waals surface area contributed by atoms with Gasteiger partial charge in [-0.15, -0.1) is 0 Å². The highest BCUT2D eigenvalue weighted by Gasteiger charge is 2.29. The normalized spacial score (nSPS) is 16.6. The summed E-state index contributed by atoms with van der Waals surface area (Å²) in [5, 5.41) is 3.24. The van der Waals surface area contributed by atoms with E-state index >= 15 is 0 Å². The molecule has 29 heavy (non-hydrogen) atoms. The van der Waals surface area contributed by atoms with Crippen molar-refractivity contribution in [1.82, 2.24) is 14.9 Å². The molecule has 1 unspecified atom stereocenters. The summed E-state index contributed by atoms with van der Waals surface area (Å²) >= 11 is 0. The number of fused-ring (bicyclic) bond motifs is 1. The van der Waals surface area contributed by atoms with E-state index in [0.717, 1.165) is 17.1 Å². The maximum atomic E-state index is 12.2. The Labute approximate surface area is 175 Å². The largest absolute Gasteiger partial charge is 0.547 e. The molecule has 0 amide bonds. The first kappa shape index (κ1) is 21.6. The fourth-order valence-electron chi connectivity index (χ4n) is 3.96. The molecule has 1 atom stereocenters. The summed E-state index contributed by atoms with van der Waals surface area (Å²) in [6, 6.07) is 6.01. The first-order valence-electron chi connectivity index (χ1n) is 10.4. The van der Waals surface area contributed by atoms with Gasteiger partial charge in [-0.3, -0.25) is 10.1 Å². The Hall–Kier alpha value is -2.12. The van der Waals surface area contributed by atoms with Crippen molar-refractivity contribution in [1.29, 1.82) is 0 Å². The number of ether oxygens (including phenoxy) is 1. The van der Waals surface area contributed by atoms with Crippen LogP contribution in [0.1, 0.15) is 50.2 Å². The number of carbonyl (C=O) groups is 1. The van der Waals surface area contributed by atoms with Gasteiger partial charge in [0.1, 0.15) is 11.8 Å². The summed E-state index contributed by atoms with van der Waals surface area (Å²) < 4.78 is 13.6. The molecule has 2 heterocycles. The van der Waals surface area contributed by atoms with Gasteiger partial charge in [-0.1, -0.05) is 32.9 Å². The van der Waals surface area contributed by atoms with Crippen LogP contribution in [0.2, 0.25) is 13.1 Å². The minimum absolute atomic E-state index is 0.0368. The third-order valence-corrected chi connectivity index (χ3v) is 5.81. The van der Waals surface area contributed by atoms with Gasteiger partial charge in [-0.2, -0.15) is 0 Å². The van der Waals surface area contributed by atoms with Gasteiger partial charge in [0.2, 0.25) is 9.04 Å². The number of aromatic nitrogens is 2. The van der Waals surface area contributed by atoms with Crippen LogP contribution in [0.3, 0.4) is 0 Å². The van der Waals surface area contributed by atoms with Gasteiger partial charge in [0.05, 0.1) is 18.6 Å². The maximum absolute atomic E-state index is 12.2. The molecule has 1 aliphatic rings. The van der Waals surface area contributed by atoms with Crippen molar-refractivity contribution in [2.45, 2.75) is 71.8 Å². The molecule has 3 rings (SSSR count). The fourth-order valence-corrected chi connectivity index (χ4v) is 4.66. The lowest BCUT2D eigenvalue weighted by atomic mass is 9.83. The molecule has 0 radical (unpaired) electrons. The Morgan fingerprint density at radius 2 is 2.10 bits per heavy atom. The molecule has 0 aliphatic carbocycles. The maximum Gasteiger partial charge on any atom is 0.323 e. The molecule has 0 bridgehead atoms. The van der Waals surface area contributed by atoms with Gasteiger partial charge in [-0.05, 0) is 37.1 Å². The smallest absolute Gasteiger partial charge is 0.323 e. The van der Waals surface area contributed by atoms with Crippen molar-refractivity contribution in [2.24, 2.45) is 0 Å². The predicted molar refractivity (Wildman–Crippen MR) is 117 cm³/mol. The van der Waals surface area contributed by atoms with Gasteiger partial charge in [-0.25, -0.2) is 4.98 Å². The number of nitrogens with one attached hydrogen (secondary N) is 1. The Bertz CT molecular complexity index is 871. The average molecular weight is 416 g/mol. The predicted octanol–water partition coefficient (Wildman–Crippen LogP) is 3.17. The van der Waals surface area contributed by atoms with Gasteiger partial charge in [0.15, 0.2) is 0 Å². The second-order valence-electron chi connectivity index (χ2n) is 8.86. The zero-order valence-corrected chi connectivity index (χ0v) is 19.6. The summed E-state index contributed by atoms with van der Waals surface area (Å²) in [5.74, 6) is 0.801.